The first-order chi connectivity index (χ1) is 13.3. The number of nitrogens with two attached hydrogens (primary N) is 1. The minimum atomic E-state index is -1.08. The van der Waals surface area contributed by atoms with E-state index in [4.69, 9.17) is 15.6 Å². The Morgan fingerprint density at radius 2 is 1.89 bits per heavy atom. The SMILES string of the molecule is NC(Cc1ccc(Oc2ccc(Cc3sc(=O)[nH]c3O)cc2F)cc1)C(=O)O. The third-order valence-corrected chi connectivity index (χ3v) is 4.86. The zero-order valence-electron chi connectivity index (χ0n) is 14.5. The Morgan fingerprint density at radius 3 is 2.46 bits per heavy atom. The van der Waals surface area contributed by atoms with Crippen LogP contribution in [-0.4, -0.2) is 27.2 Å². The number of ether oxygens (including phenoxy) is 1. The van der Waals surface area contributed by atoms with Gasteiger partial charge in [-0.05, 0) is 41.8 Å². The Balaban J connectivity index is 1.68. The summed E-state index contributed by atoms with van der Waals surface area (Å²) in [5, 5.41) is 18.4. The number of nitrogens with one attached hydrogen (secondary N) is 1. The average molecular weight is 404 g/mol. The number of halogens is 1. The number of benzene rings is 2. The van der Waals surface area contributed by atoms with Crippen LogP contribution < -0.4 is 15.3 Å². The van der Waals surface area contributed by atoms with Crippen LogP contribution in [0.15, 0.2) is 47.3 Å². The van der Waals surface area contributed by atoms with Gasteiger partial charge >= 0.3 is 10.8 Å². The minimum Gasteiger partial charge on any atom is -0.494 e. The Hall–Kier alpha value is -3.17. The van der Waals surface area contributed by atoms with Gasteiger partial charge in [0.05, 0.1) is 4.88 Å². The van der Waals surface area contributed by atoms with Crippen molar-refractivity contribution in [3.8, 4) is 17.4 Å². The predicted octanol–water partition coefficient (Wildman–Crippen LogP) is 2.62. The fourth-order valence-corrected chi connectivity index (χ4v) is 3.31. The summed E-state index contributed by atoms with van der Waals surface area (Å²) in [4.78, 5) is 24.3. The Kier molecular flexibility index (Phi) is 5.76. The molecule has 0 aliphatic heterocycles. The largest absolute Gasteiger partial charge is 0.494 e. The molecule has 0 saturated heterocycles. The molecule has 2 aromatic carbocycles. The molecule has 1 unspecified atom stereocenters. The summed E-state index contributed by atoms with van der Waals surface area (Å²) in [7, 11) is 0. The van der Waals surface area contributed by atoms with Crippen LogP contribution in [0.2, 0.25) is 0 Å². The topological polar surface area (TPSA) is 126 Å². The van der Waals surface area contributed by atoms with E-state index in [0.717, 1.165) is 16.9 Å². The lowest BCUT2D eigenvalue weighted by Gasteiger charge is -2.10. The molecule has 3 aromatic rings. The molecular weight excluding hydrogens is 387 g/mol. The number of thiazole rings is 1. The van der Waals surface area contributed by atoms with E-state index < -0.39 is 17.8 Å². The Bertz CT molecular complexity index is 1050. The molecule has 0 aliphatic rings. The molecular formula is C19H17FN2O5S. The third kappa shape index (κ3) is 4.76. The van der Waals surface area contributed by atoms with Crippen LogP contribution in [0.25, 0.3) is 0 Å². The van der Waals surface area contributed by atoms with E-state index in [2.05, 4.69) is 4.98 Å². The molecule has 0 spiro atoms. The maximum atomic E-state index is 14.3. The maximum Gasteiger partial charge on any atom is 0.320 e. The molecule has 28 heavy (non-hydrogen) atoms. The second kappa shape index (κ2) is 8.24. The standard InChI is InChI=1S/C19H17FN2O5S/c20-13-7-11(9-16-17(23)22-19(26)28-16)3-6-15(13)27-12-4-1-10(2-5-12)8-14(21)18(24)25/h1-7,14,23H,8-9,21H2,(H,22,26)(H,24,25). The normalized spacial score (nSPS) is 11.9. The molecule has 9 heteroatoms. The fourth-order valence-electron chi connectivity index (χ4n) is 2.56. The quantitative estimate of drug-likeness (QED) is 0.480. The van der Waals surface area contributed by atoms with Crippen LogP contribution in [0.4, 0.5) is 4.39 Å². The van der Waals surface area contributed by atoms with Gasteiger partial charge in [0, 0.05) is 6.42 Å². The zero-order chi connectivity index (χ0) is 20.3. The zero-order valence-corrected chi connectivity index (χ0v) is 15.3. The number of aromatic nitrogens is 1. The van der Waals surface area contributed by atoms with Gasteiger partial charge in [0.15, 0.2) is 11.6 Å². The van der Waals surface area contributed by atoms with Crippen molar-refractivity contribution in [1.82, 2.24) is 4.98 Å². The number of rotatable bonds is 7. The summed E-state index contributed by atoms with van der Waals surface area (Å²) in [6.45, 7) is 0. The first-order valence-electron chi connectivity index (χ1n) is 8.26. The van der Waals surface area contributed by atoms with Gasteiger partial charge in [0.1, 0.15) is 11.8 Å². The molecule has 0 saturated carbocycles. The van der Waals surface area contributed by atoms with Gasteiger partial charge in [-0.3, -0.25) is 14.6 Å². The van der Waals surface area contributed by atoms with Crippen molar-refractivity contribution in [2.75, 3.05) is 0 Å². The number of aromatic hydroxyl groups is 1. The number of hydrogen-bond donors (Lipinski definition) is 4. The van der Waals surface area contributed by atoms with Crippen LogP contribution in [0.1, 0.15) is 16.0 Å². The molecule has 0 amide bonds. The summed E-state index contributed by atoms with van der Waals surface area (Å²) in [6.07, 6.45) is 0.391. The summed E-state index contributed by atoms with van der Waals surface area (Å²) >= 11 is 0.869. The molecule has 0 radical (unpaired) electrons. The molecule has 0 fully saturated rings. The average Bonchev–Trinajstić information content (AvgIpc) is 2.96. The van der Waals surface area contributed by atoms with Crippen molar-refractivity contribution in [2.45, 2.75) is 18.9 Å². The van der Waals surface area contributed by atoms with Gasteiger partial charge in [-0.2, -0.15) is 0 Å². The van der Waals surface area contributed by atoms with E-state index in [9.17, 15) is 19.1 Å². The highest BCUT2D eigenvalue weighted by Gasteiger charge is 2.13. The first kappa shape index (κ1) is 19.6. The molecule has 3 rings (SSSR count). The van der Waals surface area contributed by atoms with Crippen LogP contribution in [0.5, 0.6) is 17.4 Å². The molecule has 0 aliphatic carbocycles. The van der Waals surface area contributed by atoms with Gasteiger partial charge in [0.25, 0.3) is 0 Å². The number of carboxylic acids is 1. The van der Waals surface area contributed by atoms with Crippen molar-refractivity contribution in [3.63, 3.8) is 0 Å². The Morgan fingerprint density at radius 1 is 1.21 bits per heavy atom. The lowest BCUT2D eigenvalue weighted by Crippen LogP contribution is -2.32. The van der Waals surface area contributed by atoms with Gasteiger partial charge < -0.3 is 20.7 Å². The maximum absolute atomic E-state index is 14.3. The number of carbonyl (C=O) groups is 1. The molecule has 0 bridgehead atoms. The van der Waals surface area contributed by atoms with E-state index in [0.29, 0.717) is 16.2 Å². The van der Waals surface area contributed by atoms with E-state index in [1.54, 1.807) is 30.3 Å². The second-order valence-electron chi connectivity index (χ2n) is 6.12. The van der Waals surface area contributed by atoms with E-state index in [1.807, 2.05) is 0 Å². The van der Waals surface area contributed by atoms with Crippen molar-refractivity contribution >= 4 is 17.3 Å². The molecule has 1 aromatic heterocycles. The highest BCUT2D eigenvalue weighted by molar-refractivity contribution is 7.09. The van der Waals surface area contributed by atoms with E-state index >= 15 is 0 Å². The first-order valence-corrected chi connectivity index (χ1v) is 9.08. The van der Waals surface area contributed by atoms with Crippen molar-refractivity contribution in [3.05, 3.63) is 74.0 Å². The van der Waals surface area contributed by atoms with Crippen LogP contribution in [0.3, 0.4) is 0 Å². The van der Waals surface area contributed by atoms with Crippen LogP contribution >= 0.6 is 11.3 Å². The highest BCUT2D eigenvalue weighted by Crippen LogP contribution is 2.27. The summed E-state index contributed by atoms with van der Waals surface area (Å²) < 4.78 is 19.9. The fraction of sp³-hybridized carbons (Fsp3) is 0.158. The third-order valence-electron chi connectivity index (χ3n) is 3.99. The summed E-state index contributed by atoms with van der Waals surface area (Å²) in [6, 6.07) is 9.93. The van der Waals surface area contributed by atoms with Crippen molar-refractivity contribution in [2.24, 2.45) is 5.73 Å². The lowest BCUT2D eigenvalue weighted by molar-refractivity contribution is -0.138. The van der Waals surface area contributed by atoms with Crippen molar-refractivity contribution in [1.29, 1.82) is 0 Å². The predicted molar refractivity (Wildman–Crippen MR) is 102 cm³/mol. The smallest absolute Gasteiger partial charge is 0.320 e. The van der Waals surface area contributed by atoms with Gasteiger partial charge in [-0.15, -0.1) is 0 Å². The summed E-state index contributed by atoms with van der Waals surface area (Å²) in [5.74, 6) is -1.47. The number of aliphatic carboxylic acids is 1. The Labute approximate surface area is 162 Å². The minimum absolute atomic E-state index is 0.0187. The molecule has 5 N–H and O–H groups in total. The van der Waals surface area contributed by atoms with Crippen molar-refractivity contribution < 1.29 is 24.1 Å². The summed E-state index contributed by atoms with van der Waals surface area (Å²) in [5.41, 5.74) is 6.80. The molecule has 146 valence electrons. The highest BCUT2D eigenvalue weighted by atomic mass is 32.1. The van der Waals surface area contributed by atoms with Gasteiger partial charge in [0.2, 0.25) is 5.88 Å². The molecule has 1 heterocycles. The second-order valence-corrected chi connectivity index (χ2v) is 7.19. The number of H-pyrrole nitrogens is 1. The van der Waals surface area contributed by atoms with Crippen LogP contribution in [-0.2, 0) is 17.6 Å². The van der Waals surface area contributed by atoms with E-state index in [1.165, 1.54) is 12.1 Å². The number of carboxylic acid groups (broad SMARTS) is 1. The number of aromatic amines is 1. The molecule has 1 atom stereocenters. The lowest BCUT2D eigenvalue weighted by atomic mass is 10.1. The van der Waals surface area contributed by atoms with Crippen LogP contribution in [0, 0.1) is 5.82 Å². The number of hydrogen-bond acceptors (Lipinski definition) is 6. The van der Waals surface area contributed by atoms with Gasteiger partial charge in [-0.1, -0.05) is 29.5 Å². The molecule has 7 nitrogen and oxygen atoms in total. The van der Waals surface area contributed by atoms with E-state index in [-0.39, 0.29) is 29.3 Å². The van der Waals surface area contributed by atoms with Gasteiger partial charge in [-0.25, -0.2) is 4.39 Å². The monoisotopic (exact) mass is 404 g/mol.